The first-order chi connectivity index (χ1) is 7.41. The van der Waals surface area contributed by atoms with E-state index in [0.29, 0.717) is 6.04 Å². The number of hydrogen-bond acceptors (Lipinski definition) is 2. The van der Waals surface area contributed by atoms with E-state index >= 15 is 0 Å². The molecular formula is C13H25NO2. The summed E-state index contributed by atoms with van der Waals surface area (Å²) in [6, 6.07) is 0.299. The topological polar surface area (TPSA) is 40.5 Å². The Morgan fingerprint density at radius 2 is 2.06 bits per heavy atom. The van der Waals surface area contributed by atoms with Crippen molar-refractivity contribution < 1.29 is 9.90 Å². The molecule has 1 unspecified atom stereocenters. The van der Waals surface area contributed by atoms with Gasteiger partial charge in [-0.2, -0.15) is 0 Å². The van der Waals surface area contributed by atoms with Crippen molar-refractivity contribution in [3.63, 3.8) is 0 Å². The van der Waals surface area contributed by atoms with Gasteiger partial charge in [-0.1, -0.05) is 13.3 Å². The van der Waals surface area contributed by atoms with Crippen molar-refractivity contribution in [1.82, 2.24) is 4.90 Å². The number of carboxylic acid groups (broad SMARTS) is 1. The molecule has 0 aliphatic heterocycles. The quantitative estimate of drug-likeness (QED) is 0.727. The molecule has 94 valence electrons. The maximum Gasteiger partial charge on any atom is 0.323 e. The van der Waals surface area contributed by atoms with Gasteiger partial charge in [0.1, 0.15) is 5.54 Å². The third-order valence-corrected chi connectivity index (χ3v) is 3.61. The summed E-state index contributed by atoms with van der Waals surface area (Å²) in [5.41, 5.74) is -0.689. The summed E-state index contributed by atoms with van der Waals surface area (Å²) in [6.45, 7) is 9.07. The highest BCUT2D eigenvalue weighted by atomic mass is 16.4. The van der Waals surface area contributed by atoms with Gasteiger partial charge >= 0.3 is 5.97 Å². The van der Waals surface area contributed by atoms with Crippen molar-refractivity contribution >= 4 is 5.97 Å². The number of carboxylic acids is 1. The smallest absolute Gasteiger partial charge is 0.323 e. The van der Waals surface area contributed by atoms with Crippen molar-refractivity contribution in [2.24, 2.45) is 5.92 Å². The van der Waals surface area contributed by atoms with Crippen molar-refractivity contribution in [2.75, 3.05) is 6.54 Å². The Bertz CT molecular complexity index is 248. The molecule has 0 aromatic rings. The van der Waals surface area contributed by atoms with Crippen LogP contribution in [0.25, 0.3) is 0 Å². The normalized spacial score (nSPS) is 20.1. The SMILES string of the molecule is CCCC(C)(C(=O)O)N(CC1CC1)C(C)C. The fourth-order valence-electron chi connectivity index (χ4n) is 2.42. The Balaban J connectivity index is 2.80. The van der Waals surface area contributed by atoms with E-state index in [0.717, 1.165) is 25.3 Å². The summed E-state index contributed by atoms with van der Waals surface area (Å²) >= 11 is 0. The molecule has 1 fully saturated rings. The minimum absolute atomic E-state index is 0.299. The molecule has 3 heteroatoms. The molecule has 0 bridgehead atoms. The van der Waals surface area contributed by atoms with E-state index in [2.05, 4.69) is 25.7 Å². The van der Waals surface area contributed by atoms with Gasteiger partial charge in [-0.3, -0.25) is 9.69 Å². The lowest BCUT2D eigenvalue weighted by Gasteiger charge is -2.41. The molecule has 0 saturated heterocycles. The predicted molar refractivity (Wildman–Crippen MR) is 65.5 cm³/mol. The molecule has 0 aromatic carbocycles. The number of rotatable bonds is 7. The lowest BCUT2D eigenvalue weighted by atomic mass is 9.92. The van der Waals surface area contributed by atoms with Gasteiger partial charge in [-0.25, -0.2) is 0 Å². The second-order valence-corrected chi connectivity index (χ2v) is 5.52. The van der Waals surface area contributed by atoms with E-state index in [1.807, 2.05) is 6.92 Å². The highest BCUT2D eigenvalue weighted by Gasteiger charge is 2.42. The molecule has 0 aromatic heterocycles. The Kier molecular flexibility index (Phi) is 4.36. The van der Waals surface area contributed by atoms with E-state index < -0.39 is 11.5 Å². The molecule has 1 saturated carbocycles. The Morgan fingerprint density at radius 3 is 2.38 bits per heavy atom. The van der Waals surface area contributed by atoms with Gasteiger partial charge in [0, 0.05) is 12.6 Å². The van der Waals surface area contributed by atoms with Crippen LogP contribution in [-0.4, -0.2) is 34.1 Å². The summed E-state index contributed by atoms with van der Waals surface area (Å²) in [5, 5.41) is 9.47. The summed E-state index contributed by atoms with van der Waals surface area (Å²) in [4.78, 5) is 13.7. The van der Waals surface area contributed by atoms with Crippen LogP contribution in [0.5, 0.6) is 0 Å². The van der Waals surface area contributed by atoms with E-state index in [4.69, 9.17) is 0 Å². The van der Waals surface area contributed by atoms with Crippen LogP contribution in [0.3, 0.4) is 0 Å². The minimum atomic E-state index is -0.689. The zero-order chi connectivity index (χ0) is 12.3. The second kappa shape index (κ2) is 5.17. The van der Waals surface area contributed by atoms with E-state index in [9.17, 15) is 9.90 Å². The van der Waals surface area contributed by atoms with Gasteiger partial charge in [0.25, 0.3) is 0 Å². The molecule has 16 heavy (non-hydrogen) atoms. The van der Waals surface area contributed by atoms with Gasteiger partial charge in [0.05, 0.1) is 0 Å². The van der Waals surface area contributed by atoms with E-state index in [1.165, 1.54) is 12.8 Å². The van der Waals surface area contributed by atoms with Crippen LogP contribution in [0.4, 0.5) is 0 Å². The largest absolute Gasteiger partial charge is 0.480 e. The fourth-order valence-corrected chi connectivity index (χ4v) is 2.42. The average Bonchev–Trinajstić information content (AvgIpc) is 2.97. The third-order valence-electron chi connectivity index (χ3n) is 3.61. The lowest BCUT2D eigenvalue weighted by molar-refractivity contribution is -0.152. The molecule has 1 N–H and O–H groups in total. The average molecular weight is 227 g/mol. The van der Waals surface area contributed by atoms with E-state index in [-0.39, 0.29) is 0 Å². The minimum Gasteiger partial charge on any atom is -0.480 e. The van der Waals surface area contributed by atoms with Crippen molar-refractivity contribution in [2.45, 2.75) is 65.0 Å². The van der Waals surface area contributed by atoms with Crippen LogP contribution in [0.1, 0.15) is 53.4 Å². The summed E-state index contributed by atoms with van der Waals surface area (Å²) < 4.78 is 0. The zero-order valence-corrected chi connectivity index (χ0v) is 11.0. The van der Waals surface area contributed by atoms with Crippen molar-refractivity contribution in [3.8, 4) is 0 Å². The van der Waals surface area contributed by atoms with Crippen LogP contribution in [0.15, 0.2) is 0 Å². The molecule has 0 heterocycles. The molecule has 1 rings (SSSR count). The number of nitrogens with zero attached hydrogens (tertiary/aromatic N) is 1. The Morgan fingerprint density at radius 1 is 1.50 bits per heavy atom. The molecule has 0 amide bonds. The fraction of sp³-hybridized carbons (Fsp3) is 0.923. The van der Waals surface area contributed by atoms with Gasteiger partial charge in [0.15, 0.2) is 0 Å². The number of aliphatic carboxylic acids is 1. The molecule has 3 nitrogen and oxygen atoms in total. The van der Waals surface area contributed by atoms with Crippen LogP contribution in [-0.2, 0) is 4.79 Å². The standard InChI is InChI=1S/C13H25NO2/c1-5-8-13(4,12(15)16)14(10(2)3)9-11-6-7-11/h10-11H,5-9H2,1-4H3,(H,15,16). The molecule has 0 radical (unpaired) electrons. The van der Waals surface area contributed by atoms with Crippen molar-refractivity contribution in [3.05, 3.63) is 0 Å². The summed E-state index contributed by atoms with van der Waals surface area (Å²) in [5.74, 6) is 0.0571. The molecular weight excluding hydrogens is 202 g/mol. The molecule has 1 atom stereocenters. The first-order valence-electron chi connectivity index (χ1n) is 6.42. The molecule has 1 aliphatic carbocycles. The Labute approximate surface area is 98.8 Å². The number of hydrogen-bond donors (Lipinski definition) is 1. The van der Waals surface area contributed by atoms with Gasteiger partial charge in [-0.05, 0) is 46.0 Å². The van der Waals surface area contributed by atoms with Gasteiger partial charge < -0.3 is 5.11 Å². The summed E-state index contributed by atoms with van der Waals surface area (Å²) in [6.07, 6.45) is 4.18. The third kappa shape index (κ3) is 2.97. The maximum absolute atomic E-state index is 11.5. The highest BCUT2D eigenvalue weighted by Crippen LogP contribution is 2.34. The van der Waals surface area contributed by atoms with Crippen LogP contribution < -0.4 is 0 Å². The van der Waals surface area contributed by atoms with Gasteiger partial charge in [0.2, 0.25) is 0 Å². The van der Waals surface area contributed by atoms with E-state index in [1.54, 1.807) is 0 Å². The predicted octanol–water partition coefficient (Wildman–Crippen LogP) is 2.75. The lowest BCUT2D eigenvalue weighted by Crippen LogP contribution is -2.56. The first kappa shape index (κ1) is 13.5. The second-order valence-electron chi connectivity index (χ2n) is 5.52. The maximum atomic E-state index is 11.5. The Hall–Kier alpha value is -0.570. The monoisotopic (exact) mass is 227 g/mol. The summed E-state index contributed by atoms with van der Waals surface area (Å²) in [7, 11) is 0. The highest BCUT2D eigenvalue weighted by molar-refractivity contribution is 5.78. The zero-order valence-electron chi connectivity index (χ0n) is 11.0. The van der Waals surface area contributed by atoms with Crippen molar-refractivity contribution in [1.29, 1.82) is 0 Å². The van der Waals surface area contributed by atoms with Crippen LogP contribution in [0, 0.1) is 5.92 Å². The molecule has 0 spiro atoms. The van der Waals surface area contributed by atoms with Gasteiger partial charge in [-0.15, -0.1) is 0 Å². The number of carbonyl (C=O) groups is 1. The molecule has 1 aliphatic rings. The first-order valence-corrected chi connectivity index (χ1v) is 6.42. The van der Waals surface area contributed by atoms with Crippen LogP contribution >= 0.6 is 0 Å². The van der Waals surface area contributed by atoms with Crippen LogP contribution in [0.2, 0.25) is 0 Å².